The molecule has 3 heteroatoms. The zero-order valence-electron chi connectivity index (χ0n) is 13.5. The number of aliphatic hydroxyl groups is 1. The monoisotopic (exact) mass is 292 g/mol. The maximum Gasteiger partial charge on any atom is 0.184 e. The molecule has 3 nitrogen and oxygen atoms in total. The summed E-state index contributed by atoms with van der Waals surface area (Å²) in [5, 5.41) is 9.60. The largest absolute Gasteiger partial charge is 0.389 e. The van der Waals surface area contributed by atoms with Crippen LogP contribution in [-0.2, 0) is 9.47 Å². The normalized spacial score (nSPS) is 30.1. The summed E-state index contributed by atoms with van der Waals surface area (Å²) in [4.78, 5) is 0. The van der Waals surface area contributed by atoms with Crippen LogP contribution in [0.3, 0.4) is 0 Å². The van der Waals surface area contributed by atoms with E-state index in [9.17, 15) is 5.11 Å². The van der Waals surface area contributed by atoms with E-state index in [-0.39, 0.29) is 24.4 Å². The minimum atomic E-state index is -0.384. The molecule has 1 heterocycles. The van der Waals surface area contributed by atoms with Gasteiger partial charge in [0.15, 0.2) is 6.29 Å². The molecule has 1 saturated heterocycles. The first kappa shape index (κ1) is 17.9. The van der Waals surface area contributed by atoms with Crippen LogP contribution < -0.4 is 0 Å². The van der Waals surface area contributed by atoms with Gasteiger partial charge < -0.3 is 14.6 Å². The zero-order valence-corrected chi connectivity index (χ0v) is 13.5. The number of benzene rings is 1. The van der Waals surface area contributed by atoms with Crippen molar-refractivity contribution in [1.29, 1.82) is 0 Å². The van der Waals surface area contributed by atoms with Crippen molar-refractivity contribution in [2.75, 3.05) is 6.61 Å². The van der Waals surface area contributed by atoms with Crippen LogP contribution in [0.5, 0.6) is 0 Å². The second-order valence-corrected chi connectivity index (χ2v) is 4.60. The first-order chi connectivity index (χ1) is 10.3. The van der Waals surface area contributed by atoms with Gasteiger partial charge in [-0.05, 0) is 0 Å². The van der Waals surface area contributed by atoms with Gasteiger partial charge in [-0.15, -0.1) is 0 Å². The minimum absolute atomic E-state index is 0.0638. The molecule has 0 amide bonds. The van der Waals surface area contributed by atoms with E-state index in [0.29, 0.717) is 13.0 Å². The molecule has 4 atom stereocenters. The minimum Gasteiger partial charge on any atom is -0.389 e. The quantitative estimate of drug-likeness (QED) is 0.792. The molecule has 4 unspecified atom stereocenters. The van der Waals surface area contributed by atoms with Crippen LogP contribution in [-0.4, -0.2) is 23.9 Å². The summed E-state index contributed by atoms with van der Waals surface area (Å²) in [6, 6.07) is 9.93. The van der Waals surface area contributed by atoms with Crippen LogP contribution in [0.15, 0.2) is 42.5 Å². The molecule has 3 rings (SSSR count). The van der Waals surface area contributed by atoms with E-state index in [2.05, 4.69) is 0 Å². The smallest absolute Gasteiger partial charge is 0.184 e. The van der Waals surface area contributed by atoms with Crippen molar-refractivity contribution in [1.82, 2.24) is 0 Å². The Bertz CT molecular complexity index is 402. The van der Waals surface area contributed by atoms with Crippen molar-refractivity contribution in [3.63, 3.8) is 0 Å². The van der Waals surface area contributed by atoms with Gasteiger partial charge >= 0.3 is 0 Å². The Morgan fingerprint density at radius 3 is 2.33 bits per heavy atom. The number of ether oxygens (including phenoxy) is 2. The van der Waals surface area contributed by atoms with Crippen molar-refractivity contribution in [2.24, 2.45) is 5.92 Å². The van der Waals surface area contributed by atoms with Crippen LogP contribution in [0.1, 0.15) is 46.0 Å². The van der Waals surface area contributed by atoms with Crippen LogP contribution in [0.4, 0.5) is 0 Å². The molecule has 1 aliphatic heterocycles. The molecular formula is C18H28O3. The van der Waals surface area contributed by atoms with Crippen molar-refractivity contribution in [3.05, 3.63) is 48.0 Å². The highest BCUT2D eigenvalue weighted by Crippen LogP contribution is 2.33. The molecule has 21 heavy (non-hydrogen) atoms. The Balaban J connectivity index is 0.000000510. The van der Waals surface area contributed by atoms with Gasteiger partial charge in [0.25, 0.3) is 0 Å². The van der Waals surface area contributed by atoms with Crippen molar-refractivity contribution < 1.29 is 14.6 Å². The first-order valence-corrected chi connectivity index (χ1v) is 8.01. The molecule has 0 bridgehead atoms. The third kappa shape index (κ3) is 4.95. The number of hydrogen-bond acceptors (Lipinski definition) is 3. The summed E-state index contributed by atoms with van der Waals surface area (Å²) in [6.07, 6.45) is 3.88. The zero-order chi connectivity index (χ0) is 15.7. The average molecular weight is 292 g/mol. The number of hydrogen-bond donors (Lipinski definition) is 1. The highest BCUT2D eigenvalue weighted by Gasteiger charge is 2.34. The predicted octanol–water partition coefficient (Wildman–Crippen LogP) is 4.09. The van der Waals surface area contributed by atoms with E-state index in [1.165, 1.54) is 0 Å². The second kappa shape index (κ2) is 9.72. The summed E-state index contributed by atoms with van der Waals surface area (Å²) in [6.45, 7) is 8.66. The molecule has 0 saturated carbocycles. The van der Waals surface area contributed by atoms with Crippen LogP contribution in [0.2, 0.25) is 0 Å². The third-order valence-electron chi connectivity index (χ3n) is 3.34. The fraction of sp³-hybridized carbons (Fsp3) is 0.556. The van der Waals surface area contributed by atoms with Gasteiger partial charge in [0.2, 0.25) is 0 Å². The molecule has 0 spiro atoms. The Morgan fingerprint density at radius 1 is 1.00 bits per heavy atom. The van der Waals surface area contributed by atoms with Gasteiger partial charge in [-0.25, -0.2) is 0 Å². The number of aliphatic hydroxyl groups excluding tert-OH is 1. The average Bonchev–Trinajstić information content (AvgIpc) is 2.58. The molecule has 1 fully saturated rings. The lowest BCUT2D eigenvalue weighted by Crippen LogP contribution is -2.39. The van der Waals surface area contributed by atoms with E-state index in [1.807, 2.05) is 70.2 Å². The highest BCUT2D eigenvalue weighted by atomic mass is 16.7. The maximum absolute atomic E-state index is 9.60. The van der Waals surface area contributed by atoms with Crippen molar-refractivity contribution in [2.45, 2.75) is 52.6 Å². The maximum atomic E-state index is 9.60. The van der Waals surface area contributed by atoms with Crippen LogP contribution in [0.25, 0.3) is 0 Å². The van der Waals surface area contributed by atoms with Gasteiger partial charge in [0, 0.05) is 17.9 Å². The SMILES string of the molecule is CC.CC.OC1C=CC2COC(c3ccccc3)OC2C1. The molecular weight excluding hydrogens is 264 g/mol. The second-order valence-electron chi connectivity index (χ2n) is 4.60. The summed E-state index contributed by atoms with van der Waals surface area (Å²) in [5.41, 5.74) is 1.04. The van der Waals surface area contributed by atoms with E-state index in [4.69, 9.17) is 9.47 Å². The Hall–Kier alpha value is -1.16. The summed E-state index contributed by atoms with van der Waals surface area (Å²) < 4.78 is 11.6. The summed E-state index contributed by atoms with van der Waals surface area (Å²) >= 11 is 0. The summed E-state index contributed by atoms with van der Waals surface area (Å²) in [7, 11) is 0. The van der Waals surface area contributed by atoms with Gasteiger partial charge in [0.1, 0.15) is 0 Å². The van der Waals surface area contributed by atoms with Gasteiger partial charge in [-0.2, -0.15) is 0 Å². The van der Waals surface area contributed by atoms with E-state index >= 15 is 0 Å². The Morgan fingerprint density at radius 2 is 1.67 bits per heavy atom. The van der Waals surface area contributed by atoms with E-state index in [0.717, 1.165) is 5.56 Å². The van der Waals surface area contributed by atoms with Gasteiger partial charge in [-0.3, -0.25) is 0 Å². The van der Waals surface area contributed by atoms with Crippen molar-refractivity contribution in [3.8, 4) is 0 Å². The lowest BCUT2D eigenvalue weighted by atomic mass is 9.90. The Kier molecular flexibility index (Phi) is 8.28. The predicted molar refractivity (Wildman–Crippen MR) is 86.0 cm³/mol. The molecule has 1 aliphatic carbocycles. The molecule has 2 aliphatic rings. The van der Waals surface area contributed by atoms with Crippen LogP contribution >= 0.6 is 0 Å². The molecule has 118 valence electrons. The fourth-order valence-corrected chi connectivity index (χ4v) is 2.39. The Labute approximate surface area is 128 Å². The lowest BCUT2D eigenvalue weighted by Gasteiger charge is -2.38. The highest BCUT2D eigenvalue weighted by molar-refractivity contribution is 5.17. The number of fused-ring (bicyclic) bond motifs is 1. The first-order valence-electron chi connectivity index (χ1n) is 8.01. The molecule has 0 aromatic heterocycles. The van der Waals surface area contributed by atoms with Crippen molar-refractivity contribution >= 4 is 0 Å². The van der Waals surface area contributed by atoms with Crippen LogP contribution in [0, 0.1) is 5.92 Å². The van der Waals surface area contributed by atoms with E-state index < -0.39 is 0 Å². The standard InChI is InChI=1S/C14H16O3.2C2H6/c15-12-7-6-11-9-16-14(17-13(11)8-12)10-4-2-1-3-5-10;2*1-2/h1-7,11-15H,8-9H2;2*1-2H3. The molecule has 1 N–H and O–H groups in total. The molecule has 1 aromatic rings. The third-order valence-corrected chi connectivity index (χ3v) is 3.34. The van der Waals surface area contributed by atoms with Gasteiger partial charge in [-0.1, -0.05) is 70.2 Å². The topological polar surface area (TPSA) is 38.7 Å². The van der Waals surface area contributed by atoms with Gasteiger partial charge in [0.05, 0.1) is 18.8 Å². The fourth-order valence-electron chi connectivity index (χ4n) is 2.39. The lowest BCUT2D eigenvalue weighted by molar-refractivity contribution is -0.239. The molecule has 1 aromatic carbocycles. The summed E-state index contributed by atoms with van der Waals surface area (Å²) in [5.74, 6) is 0.276. The number of rotatable bonds is 1. The van der Waals surface area contributed by atoms with E-state index in [1.54, 1.807) is 0 Å². The molecule has 0 radical (unpaired) electrons.